The van der Waals surface area contributed by atoms with Crippen molar-refractivity contribution < 1.29 is 19.4 Å². The van der Waals surface area contributed by atoms with Crippen molar-refractivity contribution in [3.8, 4) is 0 Å². The molecule has 0 radical (unpaired) electrons. The van der Waals surface area contributed by atoms with Gasteiger partial charge in [0.2, 0.25) is 0 Å². The summed E-state index contributed by atoms with van der Waals surface area (Å²) in [4.78, 5) is 13.3. The molecule has 1 rings (SSSR count). The van der Waals surface area contributed by atoms with Crippen LogP contribution in [-0.4, -0.2) is 54.1 Å². The van der Waals surface area contributed by atoms with Gasteiger partial charge in [0.05, 0.1) is 25.4 Å². The molecular formula is C12H23NO4. The fourth-order valence-corrected chi connectivity index (χ4v) is 1.59. The molecule has 0 aromatic rings. The average Bonchev–Trinajstić information content (AvgIpc) is 2.93. The van der Waals surface area contributed by atoms with Crippen LogP contribution in [-0.2, 0) is 9.47 Å². The zero-order valence-corrected chi connectivity index (χ0v) is 11.2. The molecule has 5 heteroatoms. The second-order valence-corrected chi connectivity index (χ2v) is 5.59. The SMILES string of the molecule is CN(CC1(OCCO)CC1)C(=O)OC(C)(C)C. The number of hydrogen-bond donors (Lipinski definition) is 1. The molecule has 1 aliphatic rings. The Hall–Kier alpha value is -0.810. The van der Waals surface area contributed by atoms with Crippen LogP contribution in [0.4, 0.5) is 4.79 Å². The molecule has 1 saturated carbocycles. The van der Waals surface area contributed by atoms with Crippen molar-refractivity contribution in [2.24, 2.45) is 0 Å². The number of nitrogens with zero attached hydrogens (tertiary/aromatic N) is 1. The Morgan fingerprint density at radius 2 is 2.00 bits per heavy atom. The molecule has 0 unspecified atom stereocenters. The fourth-order valence-electron chi connectivity index (χ4n) is 1.59. The summed E-state index contributed by atoms with van der Waals surface area (Å²) in [5, 5.41) is 8.72. The largest absolute Gasteiger partial charge is 0.444 e. The summed E-state index contributed by atoms with van der Waals surface area (Å²) >= 11 is 0. The van der Waals surface area contributed by atoms with Gasteiger partial charge >= 0.3 is 6.09 Å². The molecule has 0 atom stereocenters. The molecule has 1 amide bonds. The van der Waals surface area contributed by atoms with Crippen LogP contribution < -0.4 is 0 Å². The van der Waals surface area contributed by atoms with Crippen molar-refractivity contribution in [1.29, 1.82) is 0 Å². The summed E-state index contributed by atoms with van der Waals surface area (Å²) in [6.45, 7) is 6.37. The monoisotopic (exact) mass is 245 g/mol. The smallest absolute Gasteiger partial charge is 0.410 e. The first-order chi connectivity index (χ1) is 7.78. The van der Waals surface area contributed by atoms with Gasteiger partial charge < -0.3 is 19.5 Å². The highest BCUT2D eigenvalue weighted by molar-refractivity contribution is 5.67. The van der Waals surface area contributed by atoms with E-state index in [1.54, 1.807) is 7.05 Å². The number of likely N-dealkylation sites (N-methyl/N-ethyl adjacent to an activating group) is 1. The molecule has 0 saturated heterocycles. The second kappa shape index (κ2) is 5.23. The number of amides is 1. The highest BCUT2D eigenvalue weighted by Gasteiger charge is 2.45. The molecule has 1 aliphatic carbocycles. The van der Waals surface area contributed by atoms with Crippen molar-refractivity contribution in [2.45, 2.75) is 44.8 Å². The van der Waals surface area contributed by atoms with Crippen LogP contribution in [0.5, 0.6) is 0 Å². The number of carbonyl (C=O) groups is 1. The van der Waals surface area contributed by atoms with Gasteiger partial charge in [0.25, 0.3) is 0 Å². The Labute approximate surface area is 103 Å². The van der Waals surface area contributed by atoms with Crippen molar-refractivity contribution in [3.05, 3.63) is 0 Å². The molecule has 5 nitrogen and oxygen atoms in total. The van der Waals surface area contributed by atoms with Crippen LogP contribution in [0.2, 0.25) is 0 Å². The standard InChI is InChI=1S/C12H23NO4/c1-11(2,3)17-10(15)13(4)9-12(5-6-12)16-8-7-14/h14H,5-9H2,1-4H3. The van der Waals surface area contributed by atoms with Crippen LogP contribution in [0.25, 0.3) is 0 Å². The van der Waals surface area contributed by atoms with Gasteiger partial charge in [-0.1, -0.05) is 0 Å². The van der Waals surface area contributed by atoms with E-state index in [-0.39, 0.29) is 18.3 Å². The minimum absolute atomic E-state index is 0.0118. The van der Waals surface area contributed by atoms with Crippen LogP contribution in [0, 0.1) is 0 Å². The van der Waals surface area contributed by atoms with Gasteiger partial charge in [-0.25, -0.2) is 4.79 Å². The maximum Gasteiger partial charge on any atom is 0.410 e. The number of ether oxygens (including phenoxy) is 2. The lowest BCUT2D eigenvalue weighted by atomic mass is 10.2. The minimum atomic E-state index is -0.478. The summed E-state index contributed by atoms with van der Waals surface area (Å²) in [5.41, 5.74) is -0.734. The molecule has 1 N–H and O–H groups in total. The van der Waals surface area contributed by atoms with Gasteiger partial charge in [-0.3, -0.25) is 0 Å². The summed E-state index contributed by atoms with van der Waals surface area (Å²) in [6, 6.07) is 0. The highest BCUT2D eigenvalue weighted by atomic mass is 16.6. The predicted octanol–water partition coefficient (Wildman–Crippen LogP) is 1.39. The first-order valence-corrected chi connectivity index (χ1v) is 5.97. The maximum absolute atomic E-state index is 11.7. The molecule has 0 spiro atoms. The Kier molecular flexibility index (Phi) is 4.38. The van der Waals surface area contributed by atoms with Gasteiger partial charge in [0.15, 0.2) is 0 Å². The van der Waals surface area contributed by atoms with Crippen molar-refractivity contribution in [1.82, 2.24) is 4.90 Å². The maximum atomic E-state index is 11.7. The summed E-state index contributed by atoms with van der Waals surface area (Å²) in [5.74, 6) is 0. The highest BCUT2D eigenvalue weighted by Crippen LogP contribution is 2.40. The van der Waals surface area contributed by atoms with E-state index in [1.807, 2.05) is 20.8 Å². The molecule has 17 heavy (non-hydrogen) atoms. The average molecular weight is 245 g/mol. The van der Waals surface area contributed by atoms with E-state index in [1.165, 1.54) is 4.90 Å². The van der Waals surface area contributed by atoms with E-state index in [4.69, 9.17) is 14.6 Å². The van der Waals surface area contributed by atoms with Crippen molar-refractivity contribution >= 4 is 6.09 Å². The van der Waals surface area contributed by atoms with Gasteiger partial charge in [-0.05, 0) is 33.6 Å². The van der Waals surface area contributed by atoms with Gasteiger partial charge in [0.1, 0.15) is 5.60 Å². The molecule has 0 aromatic heterocycles. The normalized spacial score (nSPS) is 17.7. The van der Waals surface area contributed by atoms with E-state index in [0.717, 1.165) is 12.8 Å². The first-order valence-electron chi connectivity index (χ1n) is 5.97. The predicted molar refractivity (Wildman–Crippen MR) is 63.9 cm³/mol. The van der Waals surface area contributed by atoms with E-state index in [9.17, 15) is 4.79 Å². The number of rotatable bonds is 5. The molecule has 0 bridgehead atoms. The number of carbonyl (C=O) groups excluding carboxylic acids is 1. The molecular weight excluding hydrogens is 222 g/mol. The number of aliphatic hydroxyl groups is 1. The Bertz CT molecular complexity index is 268. The first kappa shape index (κ1) is 14.3. The molecule has 0 heterocycles. The van der Waals surface area contributed by atoms with Crippen LogP contribution in [0.1, 0.15) is 33.6 Å². The molecule has 0 aliphatic heterocycles. The lowest BCUT2D eigenvalue weighted by Crippen LogP contribution is -2.40. The van der Waals surface area contributed by atoms with Gasteiger partial charge in [0, 0.05) is 7.05 Å². The molecule has 100 valence electrons. The van der Waals surface area contributed by atoms with Crippen LogP contribution in [0.3, 0.4) is 0 Å². The Morgan fingerprint density at radius 3 is 2.41 bits per heavy atom. The van der Waals surface area contributed by atoms with Crippen molar-refractivity contribution in [3.63, 3.8) is 0 Å². The molecule has 0 aromatic carbocycles. The zero-order valence-electron chi connectivity index (χ0n) is 11.2. The van der Waals surface area contributed by atoms with E-state index < -0.39 is 5.60 Å². The van der Waals surface area contributed by atoms with Crippen LogP contribution >= 0.6 is 0 Å². The number of hydrogen-bond acceptors (Lipinski definition) is 4. The van der Waals surface area contributed by atoms with E-state index >= 15 is 0 Å². The second-order valence-electron chi connectivity index (χ2n) is 5.59. The zero-order chi connectivity index (χ0) is 13.1. The van der Waals surface area contributed by atoms with E-state index in [2.05, 4.69) is 0 Å². The fraction of sp³-hybridized carbons (Fsp3) is 0.917. The van der Waals surface area contributed by atoms with Crippen molar-refractivity contribution in [2.75, 3.05) is 26.8 Å². The Morgan fingerprint density at radius 1 is 1.41 bits per heavy atom. The lowest BCUT2D eigenvalue weighted by Gasteiger charge is -2.27. The van der Waals surface area contributed by atoms with Gasteiger partial charge in [-0.15, -0.1) is 0 Å². The topological polar surface area (TPSA) is 59.0 Å². The minimum Gasteiger partial charge on any atom is -0.444 e. The number of aliphatic hydroxyl groups excluding tert-OH is 1. The molecule has 1 fully saturated rings. The quantitative estimate of drug-likeness (QED) is 0.795. The summed E-state index contributed by atoms with van der Waals surface area (Å²) < 4.78 is 10.8. The van der Waals surface area contributed by atoms with Crippen LogP contribution in [0.15, 0.2) is 0 Å². The third kappa shape index (κ3) is 4.91. The van der Waals surface area contributed by atoms with E-state index in [0.29, 0.717) is 13.2 Å². The Balaban J connectivity index is 2.38. The summed E-state index contributed by atoms with van der Waals surface area (Å²) in [7, 11) is 1.70. The third-order valence-corrected chi connectivity index (χ3v) is 2.54. The summed E-state index contributed by atoms with van der Waals surface area (Å²) in [6.07, 6.45) is 1.52. The lowest BCUT2D eigenvalue weighted by molar-refractivity contribution is -0.0175. The van der Waals surface area contributed by atoms with Gasteiger partial charge in [-0.2, -0.15) is 0 Å². The third-order valence-electron chi connectivity index (χ3n) is 2.54.